The molecule has 4 amide bonds. The molecule has 0 spiro atoms. The Morgan fingerprint density at radius 1 is 1.11 bits per heavy atom. The van der Waals surface area contributed by atoms with Crippen molar-refractivity contribution in [2.24, 2.45) is 17.8 Å². The van der Waals surface area contributed by atoms with Crippen LogP contribution in [0.4, 0.5) is 4.39 Å². The van der Waals surface area contributed by atoms with E-state index >= 15 is 0 Å². The smallest absolute Gasteiger partial charge is 0.303 e. The van der Waals surface area contributed by atoms with Crippen molar-refractivity contribution in [3.8, 4) is 5.75 Å². The van der Waals surface area contributed by atoms with E-state index in [1.54, 1.807) is 6.08 Å². The summed E-state index contributed by atoms with van der Waals surface area (Å²) < 4.78 is 14.5. The fraction of sp³-hybridized carbons (Fsp3) is 0.480. The number of carbonyl (C=O) groups excluding carboxylic acids is 4. The molecule has 2 saturated heterocycles. The number of allylic oxidation sites excluding steroid dienone is 2. The van der Waals surface area contributed by atoms with Crippen molar-refractivity contribution < 1.29 is 38.6 Å². The second-order valence-corrected chi connectivity index (χ2v) is 11.7. The summed E-state index contributed by atoms with van der Waals surface area (Å²) in [6.45, 7) is -0.0760. The molecule has 0 bridgehead atoms. The molecule has 2 heterocycles. The van der Waals surface area contributed by atoms with Gasteiger partial charge in [0.2, 0.25) is 11.8 Å². The number of likely N-dealkylation sites (tertiary alicyclic amines) is 2. The maximum absolute atomic E-state index is 14.5. The molecule has 5 rings (SSSR count). The molecular weight excluding hydrogens is 610 g/mol. The zero-order valence-corrected chi connectivity index (χ0v) is 22.8. The molecule has 0 radical (unpaired) electrons. The maximum Gasteiger partial charge on any atom is 0.303 e. The van der Waals surface area contributed by atoms with Gasteiger partial charge in [-0.3, -0.25) is 33.8 Å². The first-order valence-electron chi connectivity index (χ1n) is 11.9. The molecule has 9 nitrogen and oxygen atoms in total. The van der Waals surface area contributed by atoms with Crippen LogP contribution in [0.15, 0.2) is 29.8 Å². The number of phenols is 1. The quantitative estimate of drug-likeness (QED) is 0.213. The van der Waals surface area contributed by atoms with Crippen molar-refractivity contribution in [3.63, 3.8) is 0 Å². The third kappa shape index (κ3) is 3.50. The van der Waals surface area contributed by atoms with Gasteiger partial charge in [0.05, 0.1) is 17.3 Å². The van der Waals surface area contributed by atoms with Gasteiger partial charge in [0.25, 0.3) is 11.8 Å². The molecule has 2 aliphatic carbocycles. The number of hydrogen-bond acceptors (Lipinski definition) is 6. The Hall–Kier alpha value is -2.50. The maximum atomic E-state index is 14.5. The zero-order chi connectivity index (χ0) is 27.7. The van der Waals surface area contributed by atoms with Crippen LogP contribution < -0.4 is 0 Å². The third-order valence-electron chi connectivity index (χ3n) is 8.21. The average molecular weight is 632 g/mol. The topological polar surface area (TPSA) is 132 Å². The number of para-hydroxylation sites is 1. The molecule has 13 heteroatoms. The summed E-state index contributed by atoms with van der Waals surface area (Å²) >= 11 is 17.1. The number of carbonyl (C=O) groups is 5. The lowest BCUT2D eigenvalue weighted by Crippen LogP contribution is -2.60. The van der Waals surface area contributed by atoms with Crippen LogP contribution >= 0.6 is 39.1 Å². The predicted octanol–water partition coefficient (Wildman–Crippen LogP) is 3.11. The van der Waals surface area contributed by atoms with Gasteiger partial charge in [0, 0.05) is 24.4 Å². The van der Waals surface area contributed by atoms with E-state index in [9.17, 15) is 33.5 Å². The highest BCUT2D eigenvalue weighted by molar-refractivity contribution is 9.09. The first-order valence-corrected chi connectivity index (χ1v) is 13.8. The van der Waals surface area contributed by atoms with E-state index in [-0.39, 0.29) is 43.2 Å². The van der Waals surface area contributed by atoms with Crippen molar-refractivity contribution in [1.82, 2.24) is 9.80 Å². The van der Waals surface area contributed by atoms with E-state index < -0.39 is 74.6 Å². The van der Waals surface area contributed by atoms with E-state index in [1.165, 1.54) is 12.1 Å². The lowest BCUT2D eigenvalue weighted by Gasteiger charge is -2.50. The molecule has 3 fully saturated rings. The van der Waals surface area contributed by atoms with Gasteiger partial charge >= 0.3 is 5.97 Å². The number of aromatic hydroxyl groups is 1. The Kier molecular flexibility index (Phi) is 6.63. The molecule has 38 heavy (non-hydrogen) atoms. The number of fused-ring (bicyclic) bond motifs is 4. The summed E-state index contributed by atoms with van der Waals surface area (Å²) in [6.07, 6.45) is 1.39. The molecule has 4 aliphatic rings. The minimum atomic E-state index is -2.15. The highest BCUT2D eigenvalue weighted by Gasteiger charge is 2.76. The summed E-state index contributed by atoms with van der Waals surface area (Å²) in [5.74, 6) is -9.20. The van der Waals surface area contributed by atoms with Gasteiger partial charge < -0.3 is 10.2 Å². The van der Waals surface area contributed by atoms with Gasteiger partial charge in [-0.15, -0.1) is 23.2 Å². The van der Waals surface area contributed by atoms with Crippen LogP contribution in [0.3, 0.4) is 0 Å². The Morgan fingerprint density at radius 3 is 2.47 bits per heavy atom. The van der Waals surface area contributed by atoms with E-state index in [4.69, 9.17) is 28.3 Å². The summed E-state index contributed by atoms with van der Waals surface area (Å²) in [5, 5.41) is 19.6. The molecular formula is C25H22BrCl2FN2O7. The van der Waals surface area contributed by atoms with Crippen LogP contribution in [0.1, 0.15) is 37.2 Å². The first-order chi connectivity index (χ1) is 17.9. The lowest BCUT2D eigenvalue weighted by atomic mass is 9.56. The molecule has 1 aromatic carbocycles. The number of hydrogen-bond donors (Lipinski definition) is 2. The van der Waals surface area contributed by atoms with Crippen molar-refractivity contribution in [1.29, 1.82) is 0 Å². The molecule has 2 aliphatic heterocycles. The molecule has 2 N–H and O–H groups in total. The molecule has 202 valence electrons. The van der Waals surface area contributed by atoms with Gasteiger partial charge in [-0.2, -0.15) is 0 Å². The van der Waals surface area contributed by atoms with Crippen molar-refractivity contribution in [2.45, 2.75) is 41.3 Å². The minimum Gasteiger partial charge on any atom is -0.505 e. The molecule has 6 atom stereocenters. The van der Waals surface area contributed by atoms with Crippen molar-refractivity contribution in [3.05, 3.63) is 41.2 Å². The number of carboxylic acids is 1. The number of carboxylic acid groups (broad SMARTS) is 1. The number of imide groups is 2. The van der Waals surface area contributed by atoms with E-state index in [0.29, 0.717) is 5.57 Å². The van der Waals surface area contributed by atoms with Crippen LogP contribution in [0.2, 0.25) is 0 Å². The number of benzene rings is 1. The van der Waals surface area contributed by atoms with E-state index in [1.807, 2.05) is 0 Å². The Morgan fingerprint density at radius 2 is 1.82 bits per heavy atom. The monoisotopic (exact) mass is 630 g/mol. The summed E-state index contributed by atoms with van der Waals surface area (Å²) in [5.41, 5.74) is 0.150. The third-order valence-corrected chi connectivity index (χ3v) is 10.1. The molecule has 0 unspecified atom stereocenters. The Bertz CT molecular complexity index is 1320. The second-order valence-electron chi connectivity index (χ2n) is 9.99. The first kappa shape index (κ1) is 27.1. The fourth-order valence-electron chi connectivity index (χ4n) is 6.54. The minimum absolute atomic E-state index is 0.0629. The Balaban J connectivity index is 1.64. The second kappa shape index (κ2) is 9.31. The molecule has 1 aromatic rings. The molecule has 0 aromatic heterocycles. The molecule has 1 saturated carbocycles. The summed E-state index contributed by atoms with van der Waals surface area (Å²) in [4.78, 5) is 62.5. The van der Waals surface area contributed by atoms with Gasteiger partial charge in [-0.25, -0.2) is 4.39 Å². The average Bonchev–Trinajstić information content (AvgIpc) is 3.19. The predicted molar refractivity (Wildman–Crippen MR) is 135 cm³/mol. The van der Waals surface area contributed by atoms with Crippen molar-refractivity contribution in [2.75, 3.05) is 12.0 Å². The number of aliphatic carboxylic acids is 1. The van der Waals surface area contributed by atoms with Crippen LogP contribution in [0.25, 0.3) is 0 Å². The van der Waals surface area contributed by atoms with Gasteiger partial charge in [-0.1, -0.05) is 39.7 Å². The number of amides is 4. The van der Waals surface area contributed by atoms with Gasteiger partial charge in [-0.05, 0) is 31.2 Å². The largest absolute Gasteiger partial charge is 0.505 e. The van der Waals surface area contributed by atoms with Gasteiger partial charge in [0.15, 0.2) is 21.3 Å². The standard InChI is InChI=1S/C25H22BrCl2FN2O7/c26-10-31-22(37)24(27)9-14-11(18(25(24,28)23(31)38)13-3-1-4-15(29)19(13)34)6-7-12-17(14)21(36)30(20(12)35)8-2-5-16(32)33/h1,3-4,6,12,14,17-18,34H,2,5,7-10H2,(H,32,33)/t12-,14+,17-,18+,24+,25-/m0/s1. The van der Waals surface area contributed by atoms with Crippen LogP contribution in [0, 0.1) is 23.6 Å². The van der Waals surface area contributed by atoms with Crippen LogP contribution in [0.5, 0.6) is 5.75 Å². The fourth-order valence-corrected chi connectivity index (χ4v) is 7.95. The zero-order valence-electron chi connectivity index (χ0n) is 19.7. The van der Waals surface area contributed by atoms with Crippen LogP contribution in [-0.4, -0.2) is 71.4 Å². The normalized spacial score (nSPS) is 34.3. The van der Waals surface area contributed by atoms with Crippen molar-refractivity contribution >= 4 is 68.7 Å². The number of halogens is 4. The lowest BCUT2D eigenvalue weighted by molar-refractivity contribution is -0.142. The number of phenolic OH excluding ortho intramolecular Hbond substituents is 1. The highest BCUT2D eigenvalue weighted by atomic mass is 79.9. The number of alkyl halides is 3. The van der Waals surface area contributed by atoms with E-state index in [2.05, 4.69) is 15.9 Å². The van der Waals surface area contributed by atoms with E-state index in [0.717, 1.165) is 15.9 Å². The summed E-state index contributed by atoms with van der Waals surface area (Å²) in [6, 6.07) is 3.74. The number of nitrogens with zero attached hydrogens (tertiary/aromatic N) is 2. The Labute approximate surface area is 234 Å². The summed E-state index contributed by atoms with van der Waals surface area (Å²) in [7, 11) is 0. The SMILES string of the molecule is O=C(O)CCCN1C(=O)[C@H]2[C@H](CC=C3[C@H]2C[C@@]2(Cl)C(=O)N(CBr)C(=O)[C@@]2(Cl)[C@H]3c2cccc(F)c2O)C1=O. The van der Waals surface area contributed by atoms with Crippen LogP contribution in [-0.2, 0) is 24.0 Å². The van der Waals surface area contributed by atoms with Gasteiger partial charge in [0.1, 0.15) is 0 Å². The number of rotatable bonds is 6. The highest BCUT2D eigenvalue weighted by Crippen LogP contribution is 2.66.